The first-order chi connectivity index (χ1) is 10.1. The lowest BCUT2D eigenvalue weighted by Crippen LogP contribution is -2.34. The zero-order valence-electron chi connectivity index (χ0n) is 11.6. The summed E-state index contributed by atoms with van der Waals surface area (Å²) in [7, 11) is 0. The third-order valence-corrected chi connectivity index (χ3v) is 2.51. The SMILES string of the molecule is CC1CC(=O)N(OC(=O)COCCOCCN=[N+]=[N-])C1=O. The highest BCUT2D eigenvalue weighted by Crippen LogP contribution is 2.18. The van der Waals surface area contributed by atoms with Gasteiger partial charge in [-0.15, -0.1) is 5.06 Å². The van der Waals surface area contributed by atoms with Crippen LogP contribution >= 0.6 is 0 Å². The van der Waals surface area contributed by atoms with Crippen LogP contribution in [0.15, 0.2) is 5.11 Å². The van der Waals surface area contributed by atoms with Gasteiger partial charge in [-0.3, -0.25) is 9.59 Å². The Balaban J connectivity index is 2.10. The normalized spacial score (nSPS) is 17.8. The fraction of sp³-hybridized carbons (Fsp3) is 0.727. The molecule has 0 radical (unpaired) electrons. The summed E-state index contributed by atoms with van der Waals surface area (Å²) in [6.07, 6.45) is 0.0337. The zero-order chi connectivity index (χ0) is 15.7. The lowest BCUT2D eigenvalue weighted by Gasteiger charge is -2.13. The molecule has 0 aromatic rings. The van der Waals surface area contributed by atoms with Crippen molar-refractivity contribution in [1.82, 2.24) is 5.06 Å². The van der Waals surface area contributed by atoms with Gasteiger partial charge in [-0.25, -0.2) is 4.79 Å². The fourth-order valence-corrected chi connectivity index (χ4v) is 1.50. The molecule has 0 aliphatic carbocycles. The molecule has 116 valence electrons. The van der Waals surface area contributed by atoms with Crippen LogP contribution in [0.5, 0.6) is 0 Å². The number of nitrogens with zero attached hydrogens (tertiary/aromatic N) is 4. The first-order valence-electron chi connectivity index (χ1n) is 6.30. The summed E-state index contributed by atoms with van der Waals surface area (Å²) in [5.74, 6) is -2.38. The standard InChI is InChI=1S/C11H16N4O6/c1-8-6-9(16)15(11(8)18)21-10(17)7-20-5-4-19-3-2-13-14-12/h8H,2-7H2,1H3. The molecule has 0 aromatic heterocycles. The monoisotopic (exact) mass is 300 g/mol. The van der Waals surface area contributed by atoms with E-state index in [0.717, 1.165) is 0 Å². The zero-order valence-corrected chi connectivity index (χ0v) is 11.6. The van der Waals surface area contributed by atoms with Gasteiger partial charge in [0.15, 0.2) is 0 Å². The Labute approximate surface area is 120 Å². The fourth-order valence-electron chi connectivity index (χ4n) is 1.50. The van der Waals surface area contributed by atoms with Crippen molar-refractivity contribution in [3.05, 3.63) is 10.4 Å². The van der Waals surface area contributed by atoms with E-state index in [0.29, 0.717) is 5.06 Å². The van der Waals surface area contributed by atoms with E-state index in [1.165, 1.54) is 0 Å². The van der Waals surface area contributed by atoms with Crippen molar-refractivity contribution in [2.75, 3.05) is 33.0 Å². The summed E-state index contributed by atoms with van der Waals surface area (Å²) in [5, 5.41) is 3.75. The number of hydrogen-bond acceptors (Lipinski definition) is 7. The smallest absolute Gasteiger partial charge is 0.358 e. The van der Waals surface area contributed by atoms with E-state index in [2.05, 4.69) is 14.9 Å². The molecule has 0 saturated carbocycles. The Morgan fingerprint density at radius 1 is 1.38 bits per heavy atom. The third-order valence-electron chi connectivity index (χ3n) is 2.51. The molecule has 1 unspecified atom stereocenters. The molecule has 10 heteroatoms. The molecule has 1 atom stereocenters. The molecule has 2 amide bonds. The van der Waals surface area contributed by atoms with Crippen LogP contribution in [-0.4, -0.2) is 55.8 Å². The summed E-state index contributed by atoms with van der Waals surface area (Å²) in [6.45, 7) is 2.00. The molecular formula is C11H16N4O6. The number of carbonyl (C=O) groups is 3. The van der Waals surface area contributed by atoms with Crippen LogP contribution in [0.4, 0.5) is 0 Å². The predicted molar refractivity (Wildman–Crippen MR) is 67.4 cm³/mol. The predicted octanol–water partition coefficient (Wildman–Crippen LogP) is 0.183. The number of imide groups is 1. The molecular weight excluding hydrogens is 284 g/mol. The number of azide groups is 1. The third kappa shape index (κ3) is 5.78. The molecule has 1 rings (SSSR count). The minimum atomic E-state index is -0.833. The van der Waals surface area contributed by atoms with Gasteiger partial charge in [0.1, 0.15) is 6.61 Å². The molecule has 1 saturated heterocycles. The van der Waals surface area contributed by atoms with Crippen molar-refractivity contribution in [3.8, 4) is 0 Å². The Morgan fingerprint density at radius 2 is 2.10 bits per heavy atom. The molecule has 1 heterocycles. The Bertz CT molecular complexity index is 448. The highest BCUT2D eigenvalue weighted by Gasteiger charge is 2.38. The average Bonchev–Trinajstić information content (AvgIpc) is 2.68. The van der Waals surface area contributed by atoms with E-state index in [9.17, 15) is 14.4 Å². The van der Waals surface area contributed by atoms with E-state index in [1.807, 2.05) is 0 Å². The Morgan fingerprint density at radius 3 is 2.71 bits per heavy atom. The molecule has 0 aromatic carbocycles. The second-order valence-electron chi connectivity index (χ2n) is 4.21. The summed E-state index contributed by atoms with van der Waals surface area (Å²) in [4.78, 5) is 41.4. The van der Waals surface area contributed by atoms with Crippen molar-refractivity contribution < 1.29 is 28.7 Å². The number of carbonyl (C=O) groups excluding carboxylic acids is 3. The van der Waals surface area contributed by atoms with E-state index in [1.54, 1.807) is 6.92 Å². The van der Waals surface area contributed by atoms with Crippen LogP contribution in [-0.2, 0) is 28.7 Å². The minimum absolute atomic E-state index is 0.0337. The number of hydrogen-bond donors (Lipinski definition) is 0. The molecule has 0 N–H and O–H groups in total. The van der Waals surface area contributed by atoms with Crippen molar-refractivity contribution >= 4 is 17.8 Å². The summed E-state index contributed by atoms with van der Waals surface area (Å²) >= 11 is 0. The molecule has 10 nitrogen and oxygen atoms in total. The molecule has 1 aliphatic rings. The lowest BCUT2D eigenvalue weighted by molar-refractivity contribution is -0.201. The topological polar surface area (TPSA) is 131 Å². The van der Waals surface area contributed by atoms with Crippen molar-refractivity contribution in [1.29, 1.82) is 0 Å². The van der Waals surface area contributed by atoms with Gasteiger partial charge in [-0.2, -0.15) is 0 Å². The maximum Gasteiger partial charge on any atom is 0.358 e. The molecule has 1 fully saturated rings. The van der Waals surface area contributed by atoms with Gasteiger partial charge < -0.3 is 14.3 Å². The minimum Gasteiger partial charge on any atom is -0.379 e. The van der Waals surface area contributed by atoms with Crippen molar-refractivity contribution in [2.24, 2.45) is 11.0 Å². The lowest BCUT2D eigenvalue weighted by atomic mass is 10.1. The Kier molecular flexibility index (Phi) is 7.16. The van der Waals surface area contributed by atoms with E-state index in [-0.39, 0.29) is 32.8 Å². The molecule has 0 bridgehead atoms. The van der Waals surface area contributed by atoms with Gasteiger partial charge in [0.25, 0.3) is 11.8 Å². The van der Waals surface area contributed by atoms with Gasteiger partial charge in [0, 0.05) is 23.8 Å². The van der Waals surface area contributed by atoms with Gasteiger partial charge >= 0.3 is 5.97 Å². The number of ether oxygens (including phenoxy) is 2. The molecule has 0 spiro atoms. The van der Waals surface area contributed by atoms with Gasteiger partial charge in [-0.1, -0.05) is 12.0 Å². The second kappa shape index (κ2) is 8.90. The van der Waals surface area contributed by atoms with E-state index in [4.69, 9.17) is 15.0 Å². The average molecular weight is 300 g/mol. The van der Waals surface area contributed by atoms with Gasteiger partial charge in [0.2, 0.25) is 0 Å². The van der Waals surface area contributed by atoms with Crippen LogP contribution in [0.25, 0.3) is 10.4 Å². The summed E-state index contributed by atoms with van der Waals surface area (Å²) < 4.78 is 10.00. The summed E-state index contributed by atoms with van der Waals surface area (Å²) in [6, 6.07) is 0. The van der Waals surface area contributed by atoms with E-state index >= 15 is 0 Å². The first-order valence-corrected chi connectivity index (χ1v) is 6.30. The maximum absolute atomic E-state index is 11.5. The first kappa shape index (κ1) is 16.9. The van der Waals surface area contributed by atoms with Crippen LogP contribution in [0.3, 0.4) is 0 Å². The number of rotatable bonds is 9. The van der Waals surface area contributed by atoms with Crippen LogP contribution in [0.2, 0.25) is 0 Å². The Hall–Kier alpha value is -2.16. The van der Waals surface area contributed by atoms with Gasteiger partial charge in [0.05, 0.1) is 19.8 Å². The van der Waals surface area contributed by atoms with Crippen molar-refractivity contribution in [2.45, 2.75) is 13.3 Å². The van der Waals surface area contributed by atoms with Crippen LogP contribution in [0.1, 0.15) is 13.3 Å². The van der Waals surface area contributed by atoms with Crippen molar-refractivity contribution in [3.63, 3.8) is 0 Å². The highest BCUT2D eigenvalue weighted by atomic mass is 16.7. The number of amides is 2. The van der Waals surface area contributed by atoms with Crippen LogP contribution < -0.4 is 0 Å². The largest absolute Gasteiger partial charge is 0.379 e. The van der Waals surface area contributed by atoms with Crippen LogP contribution in [0, 0.1) is 5.92 Å². The van der Waals surface area contributed by atoms with Gasteiger partial charge in [-0.05, 0) is 5.53 Å². The molecule has 21 heavy (non-hydrogen) atoms. The highest BCUT2D eigenvalue weighted by molar-refractivity contribution is 6.03. The second-order valence-corrected chi connectivity index (χ2v) is 4.21. The summed E-state index contributed by atoms with van der Waals surface area (Å²) in [5.41, 5.74) is 8.01. The maximum atomic E-state index is 11.5. The molecule has 1 aliphatic heterocycles. The quantitative estimate of drug-likeness (QED) is 0.196. The van der Waals surface area contributed by atoms with E-state index < -0.39 is 30.3 Å². The number of hydroxylamine groups is 2.